The number of nitrogens with one attached hydrogen (secondary N) is 1. The number of ether oxygens (including phenoxy) is 1. The van der Waals surface area contributed by atoms with Gasteiger partial charge in [-0.3, -0.25) is 4.72 Å². The zero-order chi connectivity index (χ0) is 23.0. The molecule has 0 unspecified atom stereocenters. The van der Waals surface area contributed by atoms with Crippen LogP contribution in [0.25, 0.3) is 10.4 Å². The highest BCUT2D eigenvalue weighted by atomic mass is 35.5. The van der Waals surface area contributed by atoms with Gasteiger partial charge in [-0.25, -0.2) is 17.6 Å². The van der Waals surface area contributed by atoms with Gasteiger partial charge in [0, 0.05) is 10.4 Å². The number of halogens is 2. The second kappa shape index (κ2) is 8.54. The number of esters is 1. The lowest BCUT2D eigenvalue weighted by molar-refractivity contribution is 0.0600. The molecule has 2 aromatic carbocycles. The first-order valence-corrected chi connectivity index (χ1v) is 12.2. The fourth-order valence-electron chi connectivity index (χ4n) is 3.35. The highest BCUT2D eigenvalue weighted by Crippen LogP contribution is 2.44. The lowest BCUT2D eigenvalue weighted by Crippen LogP contribution is -2.17. The minimum absolute atomic E-state index is 0.0340. The van der Waals surface area contributed by atoms with E-state index in [0.717, 1.165) is 36.3 Å². The van der Waals surface area contributed by atoms with Crippen LogP contribution in [-0.4, -0.2) is 21.5 Å². The van der Waals surface area contributed by atoms with E-state index in [1.165, 1.54) is 19.2 Å². The minimum atomic E-state index is -4.19. The van der Waals surface area contributed by atoms with Crippen LogP contribution in [0.3, 0.4) is 0 Å². The summed E-state index contributed by atoms with van der Waals surface area (Å²) in [5, 5.41) is 9.24. The van der Waals surface area contributed by atoms with Gasteiger partial charge in [-0.1, -0.05) is 17.7 Å². The average Bonchev–Trinajstić information content (AvgIpc) is 3.53. The van der Waals surface area contributed by atoms with Crippen molar-refractivity contribution in [2.24, 2.45) is 0 Å². The molecule has 4 rings (SSSR count). The molecule has 0 bridgehead atoms. The van der Waals surface area contributed by atoms with Crippen LogP contribution in [0.5, 0.6) is 0 Å². The Morgan fingerprint density at radius 2 is 2.00 bits per heavy atom. The van der Waals surface area contributed by atoms with Crippen LogP contribution in [0.2, 0.25) is 4.34 Å². The quantitative estimate of drug-likeness (QED) is 0.457. The Balaban J connectivity index is 1.84. The molecule has 1 aliphatic carbocycles. The summed E-state index contributed by atoms with van der Waals surface area (Å²) in [6.45, 7) is 0. The second-order valence-electron chi connectivity index (χ2n) is 7.22. The molecule has 0 atom stereocenters. The predicted octanol–water partition coefficient (Wildman–Crippen LogP) is 5.54. The fourth-order valence-corrected chi connectivity index (χ4v) is 5.82. The number of nitrogens with zero attached hydrogens (tertiary/aromatic N) is 1. The van der Waals surface area contributed by atoms with Gasteiger partial charge in [0.1, 0.15) is 11.9 Å². The van der Waals surface area contributed by atoms with Crippen LogP contribution >= 0.6 is 22.9 Å². The van der Waals surface area contributed by atoms with Crippen molar-refractivity contribution in [1.29, 1.82) is 5.26 Å². The van der Waals surface area contributed by atoms with Crippen molar-refractivity contribution in [1.82, 2.24) is 0 Å². The Labute approximate surface area is 193 Å². The number of carbonyl (C=O) groups is 1. The molecule has 0 radical (unpaired) electrons. The van der Waals surface area contributed by atoms with Gasteiger partial charge in [-0.2, -0.15) is 5.26 Å². The molecule has 1 aromatic heterocycles. The number of benzene rings is 2. The molecule has 1 saturated carbocycles. The van der Waals surface area contributed by atoms with Crippen LogP contribution in [0.4, 0.5) is 10.1 Å². The SMILES string of the molecule is COC(=O)c1ccc(C2CC2)c(S(=O)(=O)Nc2cc(C#N)c(F)cc2-c2ccc(Cl)s2)c1. The molecule has 1 fully saturated rings. The van der Waals surface area contributed by atoms with Gasteiger partial charge >= 0.3 is 5.97 Å². The zero-order valence-corrected chi connectivity index (χ0v) is 19.1. The van der Waals surface area contributed by atoms with Gasteiger partial charge in [0.25, 0.3) is 10.0 Å². The summed E-state index contributed by atoms with van der Waals surface area (Å²) in [4.78, 5) is 12.5. The Morgan fingerprint density at radius 3 is 2.59 bits per heavy atom. The summed E-state index contributed by atoms with van der Waals surface area (Å²) in [7, 11) is -2.98. The summed E-state index contributed by atoms with van der Waals surface area (Å²) in [5.41, 5.74) is 0.665. The maximum absolute atomic E-state index is 14.4. The van der Waals surface area contributed by atoms with E-state index in [4.69, 9.17) is 16.3 Å². The minimum Gasteiger partial charge on any atom is -0.465 e. The first-order valence-electron chi connectivity index (χ1n) is 9.48. The lowest BCUT2D eigenvalue weighted by Gasteiger charge is -2.16. The van der Waals surface area contributed by atoms with Crippen LogP contribution in [0.1, 0.15) is 40.2 Å². The van der Waals surface area contributed by atoms with Crippen LogP contribution < -0.4 is 4.72 Å². The molecule has 1 N–H and O–H groups in total. The van der Waals surface area contributed by atoms with Gasteiger partial charge in [0.2, 0.25) is 0 Å². The third-order valence-electron chi connectivity index (χ3n) is 5.05. The van der Waals surface area contributed by atoms with E-state index in [-0.39, 0.29) is 33.2 Å². The summed E-state index contributed by atoms with van der Waals surface area (Å²) in [5.74, 6) is -1.36. The van der Waals surface area contributed by atoms with E-state index in [0.29, 0.717) is 14.8 Å². The molecule has 32 heavy (non-hydrogen) atoms. The molecule has 0 aliphatic heterocycles. The molecule has 0 amide bonds. The number of hydrogen-bond donors (Lipinski definition) is 1. The molecular formula is C22H16ClFN2O4S2. The third kappa shape index (κ3) is 4.35. The maximum Gasteiger partial charge on any atom is 0.337 e. The normalized spacial score (nSPS) is 13.4. The van der Waals surface area contributed by atoms with E-state index in [1.807, 2.05) is 0 Å². The number of hydrogen-bond acceptors (Lipinski definition) is 6. The van der Waals surface area contributed by atoms with Crippen molar-refractivity contribution in [3.8, 4) is 16.5 Å². The first kappa shape index (κ1) is 22.3. The number of anilines is 1. The predicted molar refractivity (Wildman–Crippen MR) is 120 cm³/mol. The van der Waals surface area contributed by atoms with Crippen LogP contribution in [0.15, 0.2) is 47.4 Å². The smallest absolute Gasteiger partial charge is 0.337 e. The topological polar surface area (TPSA) is 96.3 Å². The van der Waals surface area contributed by atoms with Crippen molar-refractivity contribution in [2.45, 2.75) is 23.7 Å². The highest BCUT2D eigenvalue weighted by molar-refractivity contribution is 7.92. The summed E-state index contributed by atoms with van der Waals surface area (Å²) < 4.78 is 48.9. The Morgan fingerprint density at radius 1 is 1.25 bits per heavy atom. The monoisotopic (exact) mass is 490 g/mol. The number of sulfonamides is 1. The molecule has 1 aliphatic rings. The fraction of sp³-hybridized carbons (Fsp3) is 0.182. The molecule has 3 aromatic rings. The van der Waals surface area contributed by atoms with Gasteiger partial charge in [-0.05, 0) is 60.7 Å². The van der Waals surface area contributed by atoms with Crippen molar-refractivity contribution >= 4 is 44.6 Å². The van der Waals surface area contributed by atoms with Crippen molar-refractivity contribution in [2.75, 3.05) is 11.8 Å². The molecular weight excluding hydrogens is 475 g/mol. The molecule has 164 valence electrons. The largest absolute Gasteiger partial charge is 0.465 e. The molecule has 0 spiro atoms. The standard InChI is InChI=1S/C22H16ClFN2O4S2/c1-30-22(27)13-4-5-15(12-2-3-12)20(9-13)32(28,29)26-18-8-14(11-25)17(24)10-16(18)19-6-7-21(23)31-19/h4-10,12,26H,2-3H2,1H3. The van der Waals surface area contributed by atoms with E-state index in [9.17, 15) is 22.9 Å². The van der Waals surface area contributed by atoms with Gasteiger partial charge in [-0.15, -0.1) is 11.3 Å². The van der Waals surface area contributed by atoms with Crippen molar-refractivity contribution < 1.29 is 22.3 Å². The van der Waals surface area contributed by atoms with Gasteiger partial charge in [0.05, 0.1) is 33.2 Å². The molecule has 0 saturated heterocycles. The third-order valence-corrected chi connectivity index (χ3v) is 7.74. The molecule has 10 heteroatoms. The highest BCUT2D eigenvalue weighted by Gasteiger charge is 2.32. The van der Waals surface area contributed by atoms with Crippen molar-refractivity contribution in [3.05, 3.63) is 69.3 Å². The molecule has 1 heterocycles. The Hall–Kier alpha value is -2.93. The summed E-state index contributed by atoms with van der Waals surface area (Å²) >= 11 is 7.15. The zero-order valence-electron chi connectivity index (χ0n) is 16.7. The summed E-state index contributed by atoms with van der Waals surface area (Å²) in [6.07, 6.45) is 1.68. The van der Waals surface area contributed by atoms with Gasteiger partial charge < -0.3 is 4.74 Å². The maximum atomic E-state index is 14.4. The van der Waals surface area contributed by atoms with E-state index >= 15 is 0 Å². The van der Waals surface area contributed by atoms with E-state index in [2.05, 4.69) is 4.72 Å². The van der Waals surface area contributed by atoms with Crippen molar-refractivity contribution in [3.63, 3.8) is 0 Å². The number of methoxy groups -OCH3 is 1. The average molecular weight is 491 g/mol. The van der Waals surface area contributed by atoms with Crippen LogP contribution in [0, 0.1) is 17.1 Å². The lowest BCUT2D eigenvalue weighted by atomic mass is 10.1. The van der Waals surface area contributed by atoms with Crippen LogP contribution in [-0.2, 0) is 14.8 Å². The second-order valence-corrected chi connectivity index (χ2v) is 10.6. The van der Waals surface area contributed by atoms with Gasteiger partial charge in [0.15, 0.2) is 0 Å². The summed E-state index contributed by atoms with van der Waals surface area (Å²) in [6, 6.07) is 11.6. The number of thiophene rings is 1. The number of carbonyl (C=O) groups excluding carboxylic acids is 1. The van der Waals surface area contributed by atoms with E-state index < -0.39 is 21.8 Å². The van der Waals surface area contributed by atoms with E-state index in [1.54, 1.807) is 24.3 Å². The Bertz CT molecular complexity index is 1380. The Kier molecular flexibility index (Phi) is 5.95. The molecule has 6 nitrogen and oxygen atoms in total. The number of nitriles is 1. The number of rotatable bonds is 6. The first-order chi connectivity index (χ1) is 15.2.